The van der Waals surface area contributed by atoms with Crippen LogP contribution in [0.3, 0.4) is 0 Å². The number of nitrogens with two attached hydrogens (primary N) is 1. The molecule has 14 heteroatoms. The van der Waals surface area contributed by atoms with Gasteiger partial charge in [0.05, 0.1) is 36.1 Å². The standard InChI is InChI=1S/C37H33F4N7O3/c1-36(20-51-21-36)35(50)47-16-2-3-25(19-47)33-46-30(31-32(42)44-18-28(48(31)33)13-6-22-4-11-27(38)12-5-22)23-7-9-24(10-8-23)34(49)45-29-17-26(14-15-43-29)37(39,40)41/h4-15,17-18,25H,2-3,16,19-21H2,1H3,(H2,42,44)(H,43,45,49)/b13-6+/t25-/m1/s1. The number of nitrogens with one attached hydrogen (secondary N) is 1. The number of rotatable bonds is 7. The van der Waals surface area contributed by atoms with Gasteiger partial charge < -0.3 is 20.7 Å². The van der Waals surface area contributed by atoms with Crippen molar-refractivity contribution in [2.75, 3.05) is 37.4 Å². The minimum absolute atomic E-state index is 0.0475. The second-order valence-electron chi connectivity index (χ2n) is 13.1. The number of hydrogen-bond donors (Lipinski definition) is 2. The number of anilines is 2. The van der Waals surface area contributed by atoms with Gasteiger partial charge in [-0.05, 0) is 67.8 Å². The number of pyridine rings is 1. The Bertz CT molecular complexity index is 2140. The normalized spacial score (nSPS) is 17.4. The Morgan fingerprint density at radius 2 is 1.78 bits per heavy atom. The molecule has 2 fully saturated rings. The smallest absolute Gasteiger partial charge is 0.382 e. The molecule has 2 amide bonds. The first-order valence-corrected chi connectivity index (χ1v) is 16.3. The number of benzene rings is 2. The predicted molar refractivity (Wildman–Crippen MR) is 183 cm³/mol. The van der Waals surface area contributed by atoms with Gasteiger partial charge in [-0.3, -0.25) is 14.0 Å². The van der Waals surface area contributed by atoms with Gasteiger partial charge in [0.25, 0.3) is 5.91 Å². The second kappa shape index (κ2) is 13.2. The SMILES string of the molecule is CC1(C(=O)N2CCC[C@@H](c3nc(-c4ccc(C(=O)Nc5cc(C(F)(F)F)ccn5)cc4)c4c(N)ncc(/C=C/c5ccc(F)cc5)n34)C2)COC1. The third kappa shape index (κ3) is 6.78. The molecule has 0 saturated carbocycles. The van der Waals surface area contributed by atoms with Crippen LogP contribution in [0.5, 0.6) is 0 Å². The number of imidazole rings is 1. The number of piperidine rings is 1. The van der Waals surface area contributed by atoms with Crippen LogP contribution in [0.2, 0.25) is 0 Å². The van der Waals surface area contributed by atoms with Crippen LogP contribution in [-0.4, -0.2) is 62.4 Å². The Hall–Kier alpha value is -5.63. The first-order chi connectivity index (χ1) is 24.4. The zero-order valence-corrected chi connectivity index (χ0v) is 27.5. The van der Waals surface area contributed by atoms with E-state index in [0.29, 0.717) is 54.6 Å². The molecule has 10 nitrogen and oxygen atoms in total. The highest BCUT2D eigenvalue weighted by Gasteiger charge is 2.45. The molecule has 5 heterocycles. The van der Waals surface area contributed by atoms with Gasteiger partial charge in [0.1, 0.15) is 34.5 Å². The van der Waals surface area contributed by atoms with E-state index < -0.39 is 23.1 Å². The van der Waals surface area contributed by atoms with Crippen LogP contribution in [0.1, 0.15) is 58.7 Å². The minimum atomic E-state index is -4.58. The van der Waals surface area contributed by atoms with Gasteiger partial charge in [-0.1, -0.05) is 30.3 Å². The van der Waals surface area contributed by atoms with Crippen LogP contribution < -0.4 is 11.1 Å². The summed E-state index contributed by atoms with van der Waals surface area (Å²) in [5.41, 5.74) is 8.30. The number of hydrogen-bond acceptors (Lipinski definition) is 7. The number of aromatic nitrogens is 4. The molecule has 3 aromatic heterocycles. The maximum absolute atomic E-state index is 13.6. The van der Waals surface area contributed by atoms with Crippen LogP contribution in [0, 0.1) is 11.2 Å². The summed E-state index contributed by atoms with van der Waals surface area (Å²) in [6.07, 6.45) is 3.23. The summed E-state index contributed by atoms with van der Waals surface area (Å²) in [7, 11) is 0. The van der Waals surface area contributed by atoms with E-state index in [4.69, 9.17) is 15.5 Å². The molecule has 7 rings (SSSR count). The number of nitrogens with zero attached hydrogens (tertiary/aromatic N) is 5. The molecule has 2 saturated heterocycles. The lowest BCUT2D eigenvalue weighted by Gasteiger charge is -2.42. The quantitative estimate of drug-likeness (QED) is 0.181. The zero-order chi connectivity index (χ0) is 35.9. The van der Waals surface area contributed by atoms with Crippen molar-refractivity contribution in [2.24, 2.45) is 5.41 Å². The second-order valence-corrected chi connectivity index (χ2v) is 13.1. The number of halogens is 4. The summed E-state index contributed by atoms with van der Waals surface area (Å²) in [4.78, 5) is 41.8. The van der Waals surface area contributed by atoms with E-state index in [1.54, 1.807) is 30.5 Å². The van der Waals surface area contributed by atoms with Crippen LogP contribution in [0.15, 0.2) is 73.1 Å². The van der Waals surface area contributed by atoms with Crippen molar-refractivity contribution in [1.82, 2.24) is 24.3 Å². The van der Waals surface area contributed by atoms with E-state index in [1.807, 2.05) is 28.4 Å². The van der Waals surface area contributed by atoms with Gasteiger partial charge in [0, 0.05) is 36.3 Å². The van der Waals surface area contributed by atoms with Crippen molar-refractivity contribution >= 4 is 41.1 Å². The average Bonchev–Trinajstić information content (AvgIpc) is 3.52. The summed E-state index contributed by atoms with van der Waals surface area (Å²) in [6.45, 7) is 3.75. The highest BCUT2D eigenvalue weighted by atomic mass is 19.4. The molecule has 0 radical (unpaired) electrons. The molecule has 0 unspecified atom stereocenters. The number of alkyl halides is 3. The molecule has 5 aromatic rings. The fraction of sp³-hybridized carbons (Fsp3) is 0.270. The van der Waals surface area contributed by atoms with Crippen molar-refractivity contribution in [3.63, 3.8) is 0 Å². The first kappa shape index (κ1) is 33.8. The summed E-state index contributed by atoms with van der Waals surface area (Å²) < 4.78 is 60.4. The Kier molecular flexibility index (Phi) is 8.79. The van der Waals surface area contributed by atoms with E-state index in [0.717, 1.165) is 36.7 Å². The van der Waals surface area contributed by atoms with Crippen molar-refractivity contribution in [2.45, 2.75) is 31.9 Å². The largest absolute Gasteiger partial charge is 0.416 e. The number of carbonyl (C=O) groups is 2. The Labute approximate surface area is 290 Å². The van der Waals surface area contributed by atoms with Gasteiger partial charge in [0.2, 0.25) is 5.91 Å². The monoisotopic (exact) mass is 699 g/mol. The molecule has 2 aliphatic heterocycles. The molecule has 2 aliphatic rings. The van der Waals surface area contributed by atoms with E-state index in [1.165, 1.54) is 24.3 Å². The molecule has 3 N–H and O–H groups in total. The maximum Gasteiger partial charge on any atom is 0.416 e. The Morgan fingerprint density at radius 1 is 1.04 bits per heavy atom. The van der Waals surface area contributed by atoms with Crippen LogP contribution in [0.25, 0.3) is 28.9 Å². The van der Waals surface area contributed by atoms with Gasteiger partial charge in [-0.15, -0.1) is 0 Å². The molecule has 51 heavy (non-hydrogen) atoms. The molecular formula is C37H33F4N7O3. The molecule has 1 atom stereocenters. The number of ether oxygens (including phenoxy) is 1. The molecule has 2 aromatic carbocycles. The summed E-state index contributed by atoms with van der Waals surface area (Å²) >= 11 is 0. The van der Waals surface area contributed by atoms with Crippen molar-refractivity contribution < 1.29 is 31.9 Å². The van der Waals surface area contributed by atoms with E-state index in [2.05, 4.69) is 15.3 Å². The number of fused-ring (bicyclic) bond motifs is 1. The summed E-state index contributed by atoms with van der Waals surface area (Å²) in [5.74, 6) is -0.441. The number of nitrogen functional groups attached to an aromatic ring is 1. The number of carbonyl (C=O) groups excluding carboxylic acids is 2. The van der Waals surface area contributed by atoms with Gasteiger partial charge >= 0.3 is 6.18 Å². The fourth-order valence-corrected chi connectivity index (χ4v) is 6.47. The highest BCUT2D eigenvalue weighted by Crippen LogP contribution is 2.37. The van der Waals surface area contributed by atoms with Crippen molar-refractivity contribution in [1.29, 1.82) is 0 Å². The highest BCUT2D eigenvalue weighted by molar-refractivity contribution is 6.04. The number of amides is 2. The lowest BCUT2D eigenvalue weighted by atomic mass is 9.85. The van der Waals surface area contributed by atoms with E-state index in [9.17, 15) is 27.2 Å². The Balaban J connectivity index is 1.25. The lowest BCUT2D eigenvalue weighted by Crippen LogP contribution is -2.55. The molecule has 0 spiro atoms. The average molecular weight is 700 g/mol. The lowest BCUT2D eigenvalue weighted by molar-refractivity contribution is -0.170. The van der Waals surface area contributed by atoms with E-state index >= 15 is 0 Å². The predicted octanol–water partition coefficient (Wildman–Crippen LogP) is 6.70. The topological polar surface area (TPSA) is 128 Å². The third-order valence-corrected chi connectivity index (χ3v) is 9.24. The van der Waals surface area contributed by atoms with Crippen LogP contribution in [-0.2, 0) is 15.7 Å². The fourth-order valence-electron chi connectivity index (χ4n) is 6.47. The first-order valence-electron chi connectivity index (χ1n) is 16.3. The summed E-state index contributed by atoms with van der Waals surface area (Å²) in [5, 5.41) is 2.42. The van der Waals surface area contributed by atoms with Gasteiger partial charge in [-0.2, -0.15) is 13.2 Å². The molecule has 0 aliphatic carbocycles. The Morgan fingerprint density at radius 3 is 2.47 bits per heavy atom. The van der Waals surface area contributed by atoms with Crippen molar-refractivity contribution in [3.05, 3.63) is 107 Å². The third-order valence-electron chi connectivity index (χ3n) is 9.24. The maximum atomic E-state index is 13.6. The number of likely N-dealkylation sites (tertiary alicyclic amines) is 1. The zero-order valence-electron chi connectivity index (χ0n) is 27.5. The molecule has 0 bridgehead atoms. The molecule has 262 valence electrons. The minimum Gasteiger partial charge on any atom is -0.382 e. The van der Waals surface area contributed by atoms with Gasteiger partial charge in [-0.25, -0.2) is 19.3 Å². The van der Waals surface area contributed by atoms with Crippen LogP contribution >= 0.6 is 0 Å². The van der Waals surface area contributed by atoms with Crippen molar-refractivity contribution in [3.8, 4) is 11.3 Å². The molecular weight excluding hydrogens is 666 g/mol. The summed E-state index contributed by atoms with van der Waals surface area (Å²) in [6, 6.07) is 14.1. The van der Waals surface area contributed by atoms with Gasteiger partial charge in [0.15, 0.2) is 0 Å². The van der Waals surface area contributed by atoms with E-state index in [-0.39, 0.29) is 34.8 Å². The van der Waals surface area contributed by atoms with Crippen LogP contribution in [0.4, 0.5) is 29.2 Å².